The van der Waals surface area contributed by atoms with Gasteiger partial charge in [-0.2, -0.15) is 0 Å². The molecule has 3 aromatic carbocycles. The highest BCUT2D eigenvalue weighted by Crippen LogP contribution is 2.32. The lowest BCUT2D eigenvalue weighted by Crippen LogP contribution is -2.37. The number of amides is 2. The largest absolute Gasteiger partial charge is 0.457 e. The SMILES string of the molecule is CN(Cc1ccc(Br)cc1Oc1ccc(F)c(Cl)c1)C(=O)c1ccc2c(c1)CN(C(=O)OC(C)(C)C)CCN2. The van der Waals surface area contributed by atoms with Crippen LogP contribution in [-0.2, 0) is 17.8 Å². The summed E-state index contributed by atoms with van der Waals surface area (Å²) >= 11 is 9.36. The number of hydrogen-bond acceptors (Lipinski definition) is 5. The van der Waals surface area contributed by atoms with Crippen molar-refractivity contribution in [3.05, 3.63) is 86.6 Å². The van der Waals surface area contributed by atoms with Crippen molar-refractivity contribution in [2.75, 3.05) is 25.5 Å². The Morgan fingerprint density at radius 1 is 1.13 bits per heavy atom. The number of nitrogens with zero attached hydrogens (tertiary/aromatic N) is 2. The van der Waals surface area contributed by atoms with Crippen LogP contribution < -0.4 is 10.1 Å². The number of carbonyl (C=O) groups excluding carboxylic acids is 2. The highest BCUT2D eigenvalue weighted by molar-refractivity contribution is 9.10. The molecule has 1 N–H and O–H groups in total. The van der Waals surface area contributed by atoms with Crippen molar-refractivity contribution in [3.8, 4) is 11.5 Å². The van der Waals surface area contributed by atoms with E-state index in [9.17, 15) is 14.0 Å². The van der Waals surface area contributed by atoms with Gasteiger partial charge in [-0.15, -0.1) is 0 Å². The normalized spacial score (nSPS) is 13.2. The van der Waals surface area contributed by atoms with E-state index in [1.165, 1.54) is 18.2 Å². The van der Waals surface area contributed by atoms with Gasteiger partial charge in [-0.3, -0.25) is 4.79 Å². The predicted octanol–water partition coefficient (Wildman–Crippen LogP) is 7.47. The predicted molar refractivity (Wildman–Crippen MR) is 153 cm³/mol. The van der Waals surface area contributed by atoms with E-state index in [1.807, 2.05) is 45.0 Å². The lowest BCUT2D eigenvalue weighted by Gasteiger charge is -2.26. The third-order valence-electron chi connectivity index (χ3n) is 5.96. The molecule has 1 heterocycles. The number of nitrogens with one attached hydrogen (secondary N) is 1. The van der Waals surface area contributed by atoms with Crippen LogP contribution in [0, 0.1) is 5.82 Å². The Labute approximate surface area is 241 Å². The number of carbonyl (C=O) groups is 2. The van der Waals surface area contributed by atoms with Crippen LogP contribution in [-0.4, -0.2) is 47.5 Å². The molecule has 0 spiro atoms. The number of ether oxygens (including phenoxy) is 2. The van der Waals surface area contributed by atoms with Gasteiger partial charge in [0.1, 0.15) is 22.9 Å². The zero-order valence-electron chi connectivity index (χ0n) is 22.2. The standard InChI is InChI=1S/C29H30BrClFN3O4/c1-29(2,3)39-28(37)35-12-11-33-25-10-6-18(13-20(25)17-35)27(36)34(4)16-19-5-7-21(30)14-26(19)38-22-8-9-24(32)23(31)15-22/h5-10,13-15,33H,11-12,16-17H2,1-4H3. The number of hydrogen-bond donors (Lipinski definition) is 1. The van der Waals surface area contributed by atoms with Crippen LogP contribution in [0.4, 0.5) is 14.9 Å². The molecule has 0 aromatic heterocycles. The van der Waals surface area contributed by atoms with E-state index >= 15 is 0 Å². The summed E-state index contributed by atoms with van der Waals surface area (Å²) in [6.45, 7) is 7.14. The quantitative estimate of drug-likeness (QED) is 0.321. The molecule has 0 atom stereocenters. The van der Waals surface area contributed by atoms with Crippen LogP contribution in [0.15, 0.2) is 59.1 Å². The Morgan fingerprint density at radius 2 is 1.90 bits per heavy atom. The van der Waals surface area contributed by atoms with Gasteiger partial charge >= 0.3 is 6.09 Å². The minimum Gasteiger partial charge on any atom is -0.457 e. The molecule has 7 nitrogen and oxygen atoms in total. The molecule has 10 heteroatoms. The summed E-state index contributed by atoms with van der Waals surface area (Å²) in [5.74, 6) is 0.159. The zero-order chi connectivity index (χ0) is 28.3. The van der Waals surface area contributed by atoms with Crippen molar-refractivity contribution < 1.29 is 23.5 Å². The molecule has 1 aliphatic rings. The van der Waals surface area contributed by atoms with Crippen LogP contribution in [0.3, 0.4) is 0 Å². The summed E-state index contributed by atoms with van der Waals surface area (Å²) < 4.78 is 25.9. The molecular formula is C29H30BrClFN3O4. The van der Waals surface area contributed by atoms with E-state index in [0.29, 0.717) is 36.7 Å². The van der Waals surface area contributed by atoms with E-state index < -0.39 is 17.5 Å². The number of halogens is 3. The number of rotatable bonds is 5. The Kier molecular flexibility index (Phi) is 8.71. The number of anilines is 1. The van der Waals surface area contributed by atoms with Gasteiger partial charge in [-0.1, -0.05) is 33.6 Å². The molecule has 206 valence electrons. The fourth-order valence-corrected chi connectivity index (χ4v) is 4.60. The first-order chi connectivity index (χ1) is 18.4. The lowest BCUT2D eigenvalue weighted by molar-refractivity contribution is 0.0245. The van der Waals surface area contributed by atoms with Crippen molar-refractivity contribution in [2.24, 2.45) is 0 Å². The number of benzene rings is 3. The van der Waals surface area contributed by atoms with Crippen molar-refractivity contribution in [1.29, 1.82) is 0 Å². The third-order valence-corrected chi connectivity index (χ3v) is 6.75. The fraction of sp³-hybridized carbons (Fsp3) is 0.310. The minimum atomic E-state index is -0.598. The first kappa shape index (κ1) is 28.7. The second-order valence-electron chi connectivity index (χ2n) is 10.3. The maximum absolute atomic E-state index is 13.6. The van der Waals surface area contributed by atoms with E-state index in [-0.39, 0.29) is 17.5 Å². The summed E-state index contributed by atoms with van der Waals surface area (Å²) in [6.07, 6.45) is -0.392. The number of fused-ring (bicyclic) bond motifs is 1. The van der Waals surface area contributed by atoms with Gasteiger partial charge in [-0.25, -0.2) is 9.18 Å². The van der Waals surface area contributed by atoms with Gasteiger partial charge < -0.3 is 24.6 Å². The van der Waals surface area contributed by atoms with Crippen molar-refractivity contribution in [3.63, 3.8) is 0 Å². The molecule has 0 fully saturated rings. The fourth-order valence-electron chi connectivity index (χ4n) is 4.09. The molecule has 39 heavy (non-hydrogen) atoms. The maximum atomic E-state index is 13.6. The molecule has 2 amide bonds. The van der Waals surface area contributed by atoms with Crippen LogP contribution in [0.25, 0.3) is 0 Å². The molecule has 4 rings (SSSR count). The van der Waals surface area contributed by atoms with Crippen molar-refractivity contribution in [2.45, 2.75) is 39.5 Å². The summed E-state index contributed by atoms with van der Waals surface area (Å²) in [5, 5.41) is 3.28. The van der Waals surface area contributed by atoms with Crippen LogP contribution in [0.1, 0.15) is 42.3 Å². The highest BCUT2D eigenvalue weighted by atomic mass is 79.9. The summed E-state index contributed by atoms with van der Waals surface area (Å²) in [4.78, 5) is 29.3. The average molecular weight is 619 g/mol. The maximum Gasteiger partial charge on any atom is 0.410 e. The van der Waals surface area contributed by atoms with Gasteiger partial charge in [0.05, 0.1) is 11.6 Å². The topological polar surface area (TPSA) is 71.1 Å². The van der Waals surface area contributed by atoms with E-state index in [2.05, 4.69) is 21.2 Å². The summed E-state index contributed by atoms with van der Waals surface area (Å²) in [7, 11) is 1.71. The van der Waals surface area contributed by atoms with Crippen LogP contribution in [0.2, 0.25) is 5.02 Å². The highest BCUT2D eigenvalue weighted by Gasteiger charge is 2.25. The molecule has 0 aliphatic carbocycles. The van der Waals surface area contributed by atoms with E-state index in [0.717, 1.165) is 21.3 Å². The molecule has 0 radical (unpaired) electrons. The first-order valence-electron chi connectivity index (χ1n) is 12.4. The third kappa shape index (κ3) is 7.42. The smallest absolute Gasteiger partial charge is 0.410 e. The van der Waals surface area contributed by atoms with Crippen LogP contribution >= 0.6 is 27.5 Å². The summed E-state index contributed by atoms with van der Waals surface area (Å²) in [6, 6.07) is 15.1. The molecule has 0 saturated heterocycles. The summed E-state index contributed by atoms with van der Waals surface area (Å²) in [5.41, 5.74) is 2.36. The first-order valence-corrected chi connectivity index (χ1v) is 13.6. The van der Waals surface area contributed by atoms with E-state index in [4.69, 9.17) is 21.1 Å². The molecule has 0 bridgehead atoms. The monoisotopic (exact) mass is 617 g/mol. The molecule has 0 saturated carbocycles. The van der Waals surface area contributed by atoms with Gasteiger partial charge in [0, 0.05) is 54.0 Å². The van der Waals surface area contributed by atoms with Gasteiger partial charge in [0.25, 0.3) is 5.91 Å². The minimum absolute atomic E-state index is 0.0423. The zero-order valence-corrected chi connectivity index (χ0v) is 24.5. The van der Waals surface area contributed by atoms with Crippen molar-refractivity contribution >= 4 is 45.2 Å². The van der Waals surface area contributed by atoms with Crippen LogP contribution in [0.5, 0.6) is 11.5 Å². The lowest BCUT2D eigenvalue weighted by atomic mass is 10.1. The second kappa shape index (κ2) is 11.8. The van der Waals surface area contributed by atoms with E-state index in [1.54, 1.807) is 29.0 Å². The molecule has 3 aromatic rings. The average Bonchev–Trinajstić information content (AvgIpc) is 3.08. The van der Waals surface area contributed by atoms with Gasteiger partial charge in [0.15, 0.2) is 0 Å². The Hall–Kier alpha value is -3.30. The Balaban J connectivity index is 1.51. The molecule has 0 unspecified atom stereocenters. The van der Waals surface area contributed by atoms with Gasteiger partial charge in [-0.05, 0) is 68.8 Å². The second-order valence-corrected chi connectivity index (χ2v) is 11.6. The molecular weight excluding hydrogens is 589 g/mol. The Morgan fingerprint density at radius 3 is 2.62 bits per heavy atom. The Bertz CT molecular complexity index is 1400. The van der Waals surface area contributed by atoms with Crippen molar-refractivity contribution in [1.82, 2.24) is 9.80 Å². The molecule has 1 aliphatic heterocycles. The van der Waals surface area contributed by atoms with Gasteiger partial charge in [0.2, 0.25) is 0 Å².